The lowest BCUT2D eigenvalue weighted by atomic mass is 10.0. The lowest BCUT2D eigenvalue weighted by molar-refractivity contribution is -0.131. The molecule has 0 saturated carbocycles. The maximum Gasteiger partial charge on any atom is 0.227 e. The van der Waals surface area contributed by atoms with Crippen LogP contribution in [0, 0.1) is 6.92 Å². The van der Waals surface area contributed by atoms with Crippen molar-refractivity contribution in [1.82, 2.24) is 4.90 Å². The molecule has 0 fully saturated rings. The van der Waals surface area contributed by atoms with Crippen LogP contribution in [0.4, 0.5) is 0 Å². The van der Waals surface area contributed by atoms with Crippen LogP contribution < -0.4 is 0 Å². The van der Waals surface area contributed by atoms with Crippen LogP contribution in [-0.2, 0) is 17.6 Å². The van der Waals surface area contributed by atoms with Crippen molar-refractivity contribution in [3.63, 3.8) is 0 Å². The first-order valence-corrected chi connectivity index (χ1v) is 7.55. The van der Waals surface area contributed by atoms with Gasteiger partial charge in [-0.1, -0.05) is 48.5 Å². The zero-order valence-electron chi connectivity index (χ0n) is 12.7. The van der Waals surface area contributed by atoms with Gasteiger partial charge in [0.05, 0.1) is 12.5 Å². The molecule has 108 valence electrons. The van der Waals surface area contributed by atoms with Gasteiger partial charge in [0.15, 0.2) is 0 Å². The largest absolute Gasteiger partial charge is 0.338 e. The molecule has 2 heteroatoms. The minimum atomic E-state index is 0.200. The fourth-order valence-corrected chi connectivity index (χ4v) is 3.21. The molecule has 0 heterocycles. The van der Waals surface area contributed by atoms with Gasteiger partial charge < -0.3 is 4.90 Å². The number of aryl methyl sites for hydroxylation is 2. The SMILES string of the molecule is Cc1ccccc1CC(=O)N(C)C1CCc2ccccc21. The Morgan fingerprint density at radius 2 is 1.86 bits per heavy atom. The van der Waals surface area contributed by atoms with E-state index in [1.54, 1.807) is 0 Å². The molecule has 1 amide bonds. The van der Waals surface area contributed by atoms with Crippen LogP contribution in [0.1, 0.15) is 34.7 Å². The third-order valence-corrected chi connectivity index (χ3v) is 4.57. The second kappa shape index (κ2) is 5.72. The molecule has 0 aromatic heterocycles. The van der Waals surface area contributed by atoms with Crippen LogP contribution in [0.2, 0.25) is 0 Å². The van der Waals surface area contributed by atoms with Crippen LogP contribution >= 0.6 is 0 Å². The highest BCUT2D eigenvalue weighted by atomic mass is 16.2. The minimum Gasteiger partial charge on any atom is -0.338 e. The van der Waals surface area contributed by atoms with Crippen molar-refractivity contribution in [2.45, 2.75) is 32.2 Å². The van der Waals surface area contributed by atoms with Crippen LogP contribution in [0.5, 0.6) is 0 Å². The fraction of sp³-hybridized carbons (Fsp3) is 0.316. The first-order chi connectivity index (χ1) is 10.2. The van der Waals surface area contributed by atoms with Gasteiger partial charge in [-0.2, -0.15) is 0 Å². The van der Waals surface area contributed by atoms with Crippen molar-refractivity contribution in [3.05, 3.63) is 70.8 Å². The molecular formula is C19H21NO. The molecule has 0 N–H and O–H groups in total. The summed E-state index contributed by atoms with van der Waals surface area (Å²) in [5.41, 5.74) is 5.02. The van der Waals surface area contributed by atoms with Crippen LogP contribution in [0.15, 0.2) is 48.5 Å². The normalized spacial score (nSPS) is 16.6. The summed E-state index contributed by atoms with van der Waals surface area (Å²) in [6.07, 6.45) is 2.60. The van der Waals surface area contributed by atoms with Gasteiger partial charge in [-0.25, -0.2) is 0 Å². The molecule has 0 radical (unpaired) electrons. The Labute approximate surface area is 126 Å². The number of hydrogen-bond donors (Lipinski definition) is 0. The van der Waals surface area contributed by atoms with Crippen molar-refractivity contribution in [2.75, 3.05) is 7.05 Å². The topological polar surface area (TPSA) is 20.3 Å². The first-order valence-electron chi connectivity index (χ1n) is 7.55. The van der Waals surface area contributed by atoms with E-state index in [2.05, 4.69) is 37.3 Å². The maximum atomic E-state index is 12.6. The zero-order chi connectivity index (χ0) is 14.8. The first kappa shape index (κ1) is 13.9. The summed E-state index contributed by atoms with van der Waals surface area (Å²) >= 11 is 0. The standard InChI is InChI=1S/C19H21NO/c1-14-7-3-4-9-16(14)13-19(21)20(2)18-12-11-15-8-5-6-10-17(15)18/h3-10,18H,11-13H2,1-2H3. The smallest absolute Gasteiger partial charge is 0.227 e. The summed E-state index contributed by atoms with van der Waals surface area (Å²) in [6, 6.07) is 16.8. The Morgan fingerprint density at radius 3 is 2.67 bits per heavy atom. The van der Waals surface area contributed by atoms with E-state index in [0.717, 1.165) is 18.4 Å². The molecule has 0 spiro atoms. The number of benzene rings is 2. The van der Waals surface area contributed by atoms with E-state index >= 15 is 0 Å². The van der Waals surface area contributed by atoms with Gasteiger partial charge in [-0.15, -0.1) is 0 Å². The van der Waals surface area contributed by atoms with Gasteiger partial charge in [0, 0.05) is 7.05 Å². The molecular weight excluding hydrogens is 258 g/mol. The molecule has 2 aromatic carbocycles. The highest BCUT2D eigenvalue weighted by Crippen LogP contribution is 2.35. The maximum absolute atomic E-state index is 12.6. The molecule has 2 aromatic rings. The zero-order valence-corrected chi connectivity index (χ0v) is 12.7. The molecule has 0 saturated heterocycles. The third-order valence-electron chi connectivity index (χ3n) is 4.57. The quantitative estimate of drug-likeness (QED) is 0.839. The van der Waals surface area contributed by atoms with Crippen LogP contribution in [0.3, 0.4) is 0 Å². The number of carbonyl (C=O) groups is 1. The van der Waals surface area contributed by atoms with Gasteiger partial charge in [-0.3, -0.25) is 4.79 Å². The molecule has 0 aliphatic heterocycles. The highest BCUT2D eigenvalue weighted by molar-refractivity contribution is 5.79. The van der Waals surface area contributed by atoms with Crippen molar-refractivity contribution in [3.8, 4) is 0 Å². The number of amides is 1. The van der Waals surface area contributed by atoms with Crippen LogP contribution in [0.25, 0.3) is 0 Å². The summed E-state index contributed by atoms with van der Waals surface area (Å²) in [6.45, 7) is 2.06. The Morgan fingerprint density at radius 1 is 1.14 bits per heavy atom. The van der Waals surface area contributed by atoms with E-state index in [4.69, 9.17) is 0 Å². The van der Waals surface area contributed by atoms with E-state index in [1.165, 1.54) is 16.7 Å². The number of rotatable bonds is 3. The van der Waals surface area contributed by atoms with Gasteiger partial charge in [-0.05, 0) is 42.0 Å². The number of nitrogens with zero attached hydrogens (tertiary/aromatic N) is 1. The fourth-order valence-electron chi connectivity index (χ4n) is 3.21. The number of likely N-dealkylation sites (N-methyl/N-ethyl adjacent to an activating group) is 1. The van der Waals surface area contributed by atoms with Gasteiger partial charge in [0.2, 0.25) is 5.91 Å². The lowest BCUT2D eigenvalue weighted by Gasteiger charge is -2.26. The van der Waals surface area contributed by atoms with E-state index in [0.29, 0.717) is 6.42 Å². The number of carbonyl (C=O) groups excluding carboxylic acids is 1. The van der Waals surface area contributed by atoms with Gasteiger partial charge >= 0.3 is 0 Å². The number of hydrogen-bond acceptors (Lipinski definition) is 1. The molecule has 1 aliphatic carbocycles. The summed E-state index contributed by atoms with van der Waals surface area (Å²) in [4.78, 5) is 14.5. The molecule has 2 nitrogen and oxygen atoms in total. The number of fused-ring (bicyclic) bond motifs is 1. The second-order valence-corrected chi connectivity index (χ2v) is 5.86. The summed E-state index contributed by atoms with van der Waals surface area (Å²) < 4.78 is 0. The Balaban J connectivity index is 1.76. The minimum absolute atomic E-state index is 0.200. The second-order valence-electron chi connectivity index (χ2n) is 5.86. The van der Waals surface area contributed by atoms with Crippen LogP contribution in [-0.4, -0.2) is 17.9 Å². The average molecular weight is 279 g/mol. The average Bonchev–Trinajstić information content (AvgIpc) is 2.92. The Kier molecular flexibility index (Phi) is 3.78. The monoisotopic (exact) mass is 279 g/mol. The summed E-state index contributed by atoms with van der Waals surface area (Å²) in [5, 5.41) is 0. The van der Waals surface area contributed by atoms with Crippen molar-refractivity contribution in [1.29, 1.82) is 0 Å². The lowest BCUT2D eigenvalue weighted by Crippen LogP contribution is -2.31. The molecule has 0 bridgehead atoms. The van der Waals surface area contributed by atoms with E-state index in [9.17, 15) is 4.79 Å². The predicted octanol–water partition coefficient (Wildman–Crippen LogP) is 3.68. The Bertz CT molecular complexity index is 662. The molecule has 1 unspecified atom stereocenters. The van der Waals surface area contributed by atoms with Crippen molar-refractivity contribution < 1.29 is 4.79 Å². The summed E-state index contributed by atoms with van der Waals surface area (Å²) in [7, 11) is 1.94. The molecule has 1 aliphatic rings. The highest BCUT2D eigenvalue weighted by Gasteiger charge is 2.28. The van der Waals surface area contributed by atoms with Crippen molar-refractivity contribution in [2.24, 2.45) is 0 Å². The Hall–Kier alpha value is -2.09. The van der Waals surface area contributed by atoms with Gasteiger partial charge in [0.1, 0.15) is 0 Å². The van der Waals surface area contributed by atoms with E-state index in [-0.39, 0.29) is 11.9 Å². The predicted molar refractivity (Wildman–Crippen MR) is 85.2 cm³/mol. The van der Waals surface area contributed by atoms with Crippen molar-refractivity contribution >= 4 is 5.91 Å². The third kappa shape index (κ3) is 2.71. The van der Waals surface area contributed by atoms with E-state index in [1.807, 2.05) is 30.1 Å². The van der Waals surface area contributed by atoms with Gasteiger partial charge in [0.25, 0.3) is 0 Å². The molecule has 3 rings (SSSR count). The molecule has 1 atom stereocenters. The van der Waals surface area contributed by atoms with E-state index < -0.39 is 0 Å². The summed E-state index contributed by atoms with van der Waals surface area (Å²) in [5.74, 6) is 0.200. The molecule has 21 heavy (non-hydrogen) atoms.